The molecule has 2 aromatic rings. The Labute approximate surface area is 202 Å². The van der Waals surface area contributed by atoms with Crippen LogP contribution >= 0.6 is 0 Å². The van der Waals surface area contributed by atoms with Crippen molar-refractivity contribution >= 4 is 11.9 Å². The smallest absolute Gasteiger partial charge is 0.328 e. The van der Waals surface area contributed by atoms with Gasteiger partial charge in [0.25, 0.3) is 5.91 Å². The Balaban J connectivity index is 1.74. The van der Waals surface area contributed by atoms with Gasteiger partial charge in [-0.05, 0) is 60.8 Å². The lowest BCUT2D eigenvalue weighted by Crippen LogP contribution is -2.44. The van der Waals surface area contributed by atoms with E-state index in [2.05, 4.69) is 21.2 Å². The zero-order valence-electron chi connectivity index (χ0n) is 20.1. The fraction of sp³-hybridized carbons (Fsp3) is 0.536. The van der Waals surface area contributed by atoms with Gasteiger partial charge >= 0.3 is 5.97 Å². The van der Waals surface area contributed by atoms with Crippen molar-refractivity contribution in [2.45, 2.75) is 88.5 Å². The predicted octanol–water partition coefficient (Wildman–Crippen LogP) is 5.00. The van der Waals surface area contributed by atoms with E-state index in [-0.39, 0.29) is 5.91 Å². The number of carbonyl (C=O) groups excluding carboxylic acids is 2. The van der Waals surface area contributed by atoms with Crippen molar-refractivity contribution in [2.75, 3.05) is 7.11 Å². The van der Waals surface area contributed by atoms with E-state index in [0.29, 0.717) is 18.3 Å². The summed E-state index contributed by atoms with van der Waals surface area (Å²) >= 11 is 0. The van der Waals surface area contributed by atoms with E-state index in [1.165, 1.54) is 20.0 Å². The SMILES string of the molecule is C#Cc1cc(C2CCCCC2)c(C(=O)N[C@H](Cc2cnc[nH]2)C(=O)OC)c(C2CCCCC2)c1. The molecule has 2 aliphatic carbocycles. The van der Waals surface area contributed by atoms with Crippen LogP contribution in [0.15, 0.2) is 24.7 Å². The average Bonchev–Trinajstić information content (AvgIpc) is 3.41. The van der Waals surface area contributed by atoms with Crippen molar-refractivity contribution < 1.29 is 14.3 Å². The van der Waals surface area contributed by atoms with Crippen LogP contribution in [-0.4, -0.2) is 35.0 Å². The first-order valence-corrected chi connectivity index (χ1v) is 12.6. The quantitative estimate of drug-likeness (QED) is 0.449. The first-order valence-electron chi connectivity index (χ1n) is 12.6. The van der Waals surface area contributed by atoms with E-state index < -0.39 is 12.0 Å². The van der Waals surface area contributed by atoms with Crippen LogP contribution < -0.4 is 5.32 Å². The number of imidazole rings is 1. The van der Waals surface area contributed by atoms with Gasteiger partial charge in [0.15, 0.2) is 0 Å². The summed E-state index contributed by atoms with van der Waals surface area (Å²) in [4.78, 5) is 33.6. The van der Waals surface area contributed by atoms with Gasteiger partial charge < -0.3 is 15.0 Å². The number of nitrogens with one attached hydrogen (secondary N) is 2. The maximum Gasteiger partial charge on any atom is 0.328 e. The molecule has 2 fully saturated rings. The van der Waals surface area contributed by atoms with Crippen molar-refractivity contribution in [3.8, 4) is 12.3 Å². The Hall–Kier alpha value is -3.07. The van der Waals surface area contributed by atoms with Crippen LogP contribution in [0.3, 0.4) is 0 Å². The number of ether oxygens (including phenoxy) is 1. The molecular formula is C28H35N3O3. The molecule has 6 heteroatoms. The number of nitrogens with zero attached hydrogens (tertiary/aromatic N) is 1. The van der Waals surface area contributed by atoms with Gasteiger partial charge in [-0.1, -0.05) is 44.4 Å². The largest absolute Gasteiger partial charge is 0.467 e. The van der Waals surface area contributed by atoms with E-state index in [1.807, 2.05) is 12.1 Å². The summed E-state index contributed by atoms with van der Waals surface area (Å²) in [5.41, 5.74) is 4.45. The van der Waals surface area contributed by atoms with Gasteiger partial charge in [-0.3, -0.25) is 4.79 Å². The Morgan fingerprint density at radius 1 is 1.09 bits per heavy atom. The van der Waals surface area contributed by atoms with E-state index in [9.17, 15) is 9.59 Å². The highest BCUT2D eigenvalue weighted by Gasteiger charge is 2.31. The Bertz CT molecular complexity index is 987. The summed E-state index contributed by atoms with van der Waals surface area (Å²) in [5.74, 6) is 2.78. The molecule has 180 valence electrons. The van der Waals surface area contributed by atoms with Gasteiger partial charge in [0, 0.05) is 29.4 Å². The molecule has 0 aliphatic heterocycles. The number of terminal acetylenes is 1. The molecule has 0 radical (unpaired) electrons. The fourth-order valence-electron chi connectivity index (χ4n) is 5.69. The number of amides is 1. The zero-order chi connectivity index (χ0) is 23.9. The average molecular weight is 462 g/mol. The van der Waals surface area contributed by atoms with Crippen LogP contribution in [0.2, 0.25) is 0 Å². The molecule has 2 saturated carbocycles. The molecule has 0 spiro atoms. The number of benzene rings is 1. The molecule has 1 heterocycles. The minimum absolute atomic E-state index is 0.209. The van der Waals surface area contributed by atoms with E-state index in [1.54, 1.807) is 12.5 Å². The van der Waals surface area contributed by atoms with Gasteiger partial charge in [0.2, 0.25) is 0 Å². The third kappa shape index (κ3) is 5.52. The van der Waals surface area contributed by atoms with Gasteiger partial charge in [0.05, 0.1) is 13.4 Å². The normalized spacial score (nSPS) is 18.1. The molecule has 1 atom stereocenters. The number of H-pyrrole nitrogens is 1. The third-order valence-electron chi connectivity index (χ3n) is 7.45. The van der Waals surface area contributed by atoms with Gasteiger partial charge in [-0.15, -0.1) is 6.42 Å². The number of methoxy groups -OCH3 is 1. The highest BCUT2D eigenvalue weighted by atomic mass is 16.5. The molecule has 1 aromatic heterocycles. The van der Waals surface area contributed by atoms with Crippen LogP contribution in [0.4, 0.5) is 0 Å². The maximum absolute atomic E-state index is 13.9. The Morgan fingerprint density at radius 2 is 1.68 bits per heavy atom. The van der Waals surface area contributed by atoms with Crippen molar-refractivity contribution in [1.29, 1.82) is 0 Å². The molecule has 34 heavy (non-hydrogen) atoms. The Morgan fingerprint density at radius 3 is 2.15 bits per heavy atom. The molecule has 6 nitrogen and oxygen atoms in total. The first-order chi connectivity index (χ1) is 16.6. The summed E-state index contributed by atoms with van der Waals surface area (Å²) in [7, 11) is 1.34. The lowest BCUT2D eigenvalue weighted by Gasteiger charge is -2.30. The molecular weight excluding hydrogens is 426 g/mol. The van der Waals surface area contributed by atoms with Crippen LogP contribution in [0, 0.1) is 12.3 Å². The number of hydrogen-bond donors (Lipinski definition) is 2. The van der Waals surface area contributed by atoms with Gasteiger partial charge in [-0.25, -0.2) is 9.78 Å². The molecule has 4 rings (SSSR count). The zero-order valence-corrected chi connectivity index (χ0v) is 20.1. The second-order valence-corrected chi connectivity index (χ2v) is 9.67. The number of aromatic amines is 1. The van der Waals surface area contributed by atoms with Crippen LogP contribution in [-0.2, 0) is 16.0 Å². The molecule has 2 N–H and O–H groups in total. The lowest BCUT2D eigenvalue weighted by molar-refractivity contribution is -0.142. The predicted molar refractivity (Wildman–Crippen MR) is 132 cm³/mol. The standard InChI is InChI=1S/C28H35N3O3/c1-3-19-14-23(20-10-6-4-7-11-20)26(24(15-19)21-12-8-5-9-13-21)27(32)31-25(28(33)34-2)16-22-17-29-18-30-22/h1,14-15,17-18,20-21,25H,4-13,16H2,2H3,(H,29,30)(H,31,32)/t25-/m1/s1. The second-order valence-electron chi connectivity index (χ2n) is 9.67. The summed E-state index contributed by atoms with van der Waals surface area (Å²) in [5, 5.41) is 3.01. The van der Waals surface area contributed by atoms with E-state index in [4.69, 9.17) is 11.2 Å². The summed E-state index contributed by atoms with van der Waals surface area (Å²) in [6.07, 6.45) is 20.7. The molecule has 1 aromatic carbocycles. The minimum Gasteiger partial charge on any atom is -0.467 e. The monoisotopic (exact) mass is 461 g/mol. The number of rotatable bonds is 7. The number of carbonyl (C=O) groups is 2. The highest BCUT2D eigenvalue weighted by molar-refractivity contribution is 6.00. The van der Waals surface area contributed by atoms with Crippen molar-refractivity contribution in [1.82, 2.24) is 15.3 Å². The van der Waals surface area contributed by atoms with Crippen molar-refractivity contribution in [3.05, 3.63) is 52.6 Å². The summed E-state index contributed by atoms with van der Waals surface area (Å²) in [6, 6.07) is 3.28. The molecule has 0 saturated heterocycles. The highest BCUT2D eigenvalue weighted by Crippen LogP contribution is 2.41. The fourth-order valence-corrected chi connectivity index (χ4v) is 5.69. The van der Waals surface area contributed by atoms with E-state index in [0.717, 1.165) is 79.3 Å². The summed E-state index contributed by atoms with van der Waals surface area (Å²) in [6.45, 7) is 0. The topological polar surface area (TPSA) is 84.1 Å². The van der Waals surface area contributed by atoms with E-state index >= 15 is 0 Å². The molecule has 0 bridgehead atoms. The number of esters is 1. The maximum atomic E-state index is 13.9. The summed E-state index contributed by atoms with van der Waals surface area (Å²) < 4.78 is 5.01. The number of hydrogen-bond acceptors (Lipinski definition) is 4. The van der Waals surface area contributed by atoms with Crippen LogP contribution in [0.25, 0.3) is 0 Å². The minimum atomic E-state index is -0.802. The molecule has 1 amide bonds. The van der Waals surface area contributed by atoms with Crippen molar-refractivity contribution in [2.24, 2.45) is 0 Å². The third-order valence-corrected chi connectivity index (χ3v) is 7.45. The Kier molecular flexibility index (Phi) is 8.05. The second kappa shape index (κ2) is 11.4. The first kappa shape index (κ1) is 24.1. The van der Waals surface area contributed by atoms with Gasteiger partial charge in [-0.2, -0.15) is 0 Å². The van der Waals surface area contributed by atoms with Crippen LogP contribution in [0.5, 0.6) is 0 Å². The molecule has 2 aliphatic rings. The lowest BCUT2D eigenvalue weighted by atomic mass is 9.75. The molecule has 0 unspecified atom stereocenters. The van der Waals surface area contributed by atoms with Gasteiger partial charge in [0.1, 0.15) is 6.04 Å². The number of aromatic nitrogens is 2. The van der Waals surface area contributed by atoms with Crippen LogP contribution in [0.1, 0.15) is 109 Å². The van der Waals surface area contributed by atoms with Crippen molar-refractivity contribution in [3.63, 3.8) is 0 Å².